The first kappa shape index (κ1) is 10.8. The fourth-order valence-corrected chi connectivity index (χ4v) is 2.27. The van der Waals surface area contributed by atoms with E-state index >= 15 is 0 Å². The maximum atomic E-state index is 11.9. The third kappa shape index (κ3) is 1.96. The lowest BCUT2D eigenvalue weighted by atomic mass is 10.1. The molecular weight excluding hydrogens is 216 g/mol. The smallest absolute Gasteiger partial charge is 0.225 e. The molecule has 0 radical (unpaired) electrons. The molecule has 92 valence electrons. The van der Waals surface area contributed by atoms with Gasteiger partial charge in [0.25, 0.3) is 0 Å². The number of rotatable bonds is 2. The van der Waals surface area contributed by atoms with Crippen LogP contribution in [0.2, 0.25) is 0 Å². The summed E-state index contributed by atoms with van der Waals surface area (Å²) in [6.45, 7) is 5.26. The summed E-state index contributed by atoms with van der Waals surface area (Å²) in [4.78, 5) is 18.4. The normalized spacial score (nSPS) is 19.6. The van der Waals surface area contributed by atoms with Crippen LogP contribution in [0.15, 0.2) is 4.42 Å². The molecule has 2 aliphatic rings. The van der Waals surface area contributed by atoms with Gasteiger partial charge in [0.2, 0.25) is 5.91 Å². The average Bonchev–Trinajstić information content (AvgIpc) is 3.07. The van der Waals surface area contributed by atoms with Gasteiger partial charge >= 0.3 is 0 Å². The minimum Gasteiger partial charge on any atom is -0.443 e. The van der Waals surface area contributed by atoms with Crippen LogP contribution in [0.25, 0.3) is 0 Å². The molecular formula is C13H18N2O2. The summed E-state index contributed by atoms with van der Waals surface area (Å²) in [5.74, 6) is 2.62. The van der Waals surface area contributed by atoms with Crippen LogP contribution in [-0.4, -0.2) is 22.3 Å². The molecule has 1 aliphatic heterocycles. The Kier molecular flexibility index (Phi) is 2.45. The molecule has 1 aromatic heterocycles. The second kappa shape index (κ2) is 3.86. The van der Waals surface area contributed by atoms with Crippen molar-refractivity contribution < 1.29 is 9.21 Å². The van der Waals surface area contributed by atoms with Crippen LogP contribution in [0.4, 0.5) is 0 Å². The standard InChI is InChI=1S/C13H18N2O2/c1-8(2)13(16)15-6-5-10-11(7-15)17-12(14-10)9-3-4-9/h8-9H,3-7H2,1-2H3. The van der Waals surface area contributed by atoms with Gasteiger partial charge in [-0.2, -0.15) is 0 Å². The molecule has 0 bridgehead atoms. The van der Waals surface area contributed by atoms with E-state index in [0.717, 1.165) is 30.3 Å². The highest BCUT2D eigenvalue weighted by molar-refractivity contribution is 5.78. The number of amides is 1. The number of carbonyl (C=O) groups is 1. The number of oxazole rings is 1. The van der Waals surface area contributed by atoms with E-state index in [1.807, 2.05) is 18.7 Å². The van der Waals surface area contributed by atoms with Crippen LogP contribution in [0, 0.1) is 5.92 Å². The van der Waals surface area contributed by atoms with Gasteiger partial charge in [0.05, 0.1) is 12.2 Å². The van der Waals surface area contributed by atoms with Crippen molar-refractivity contribution >= 4 is 5.91 Å². The maximum absolute atomic E-state index is 11.9. The van der Waals surface area contributed by atoms with Crippen molar-refractivity contribution in [1.82, 2.24) is 9.88 Å². The Balaban J connectivity index is 1.77. The number of hydrogen-bond acceptors (Lipinski definition) is 3. The fraction of sp³-hybridized carbons (Fsp3) is 0.692. The third-order valence-corrected chi connectivity index (χ3v) is 3.48. The van der Waals surface area contributed by atoms with Gasteiger partial charge in [0, 0.05) is 24.8 Å². The first-order valence-electron chi connectivity index (χ1n) is 6.42. The lowest BCUT2D eigenvalue weighted by Gasteiger charge is -2.26. The van der Waals surface area contributed by atoms with E-state index in [2.05, 4.69) is 4.98 Å². The van der Waals surface area contributed by atoms with E-state index in [1.165, 1.54) is 12.8 Å². The fourth-order valence-electron chi connectivity index (χ4n) is 2.27. The Morgan fingerprint density at radius 3 is 2.88 bits per heavy atom. The number of carbonyl (C=O) groups excluding carboxylic acids is 1. The molecule has 1 amide bonds. The van der Waals surface area contributed by atoms with Crippen LogP contribution >= 0.6 is 0 Å². The SMILES string of the molecule is CC(C)C(=O)N1CCc2nc(C3CC3)oc2C1. The molecule has 0 aromatic carbocycles. The van der Waals surface area contributed by atoms with E-state index in [-0.39, 0.29) is 11.8 Å². The zero-order valence-corrected chi connectivity index (χ0v) is 10.4. The molecule has 0 saturated heterocycles. The van der Waals surface area contributed by atoms with Crippen molar-refractivity contribution in [3.8, 4) is 0 Å². The molecule has 4 nitrogen and oxygen atoms in total. The molecule has 2 heterocycles. The first-order valence-corrected chi connectivity index (χ1v) is 6.42. The molecule has 17 heavy (non-hydrogen) atoms. The number of aromatic nitrogens is 1. The average molecular weight is 234 g/mol. The lowest BCUT2D eigenvalue weighted by Crippen LogP contribution is -2.38. The van der Waals surface area contributed by atoms with E-state index in [9.17, 15) is 4.79 Å². The zero-order valence-electron chi connectivity index (χ0n) is 10.4. The summed E-state index contributed by atoms with van der Waals surface area (Å²) in [5, 5.41) is 0. The summed E-state index contributed by atoms with van der Waals surface area (Å²) in [6, 6.07) is 0. The number of nitrogens with zero attached hydrogens (tertiary/aromatic N) is 2. The highest BCUT2D eigenvalue weighted by Gasteiger charge is 2.32. The second-order valence-corrected chi connectivity index (χ2v) is 5.36. The zero-order chi connectivity index (χ0) is 12.0. The Hall–Kier alpha value is -1.32. The summed E-state index contributed by atoms with van der Waals surface area (Å²) in [6.07, 6.45) is 3.24. The maximum Gasteiger partial charge on any atom is 0.225 e. The Bertz CT molecular complexity index is 446. The molecule has 3 rings (SSSR count). The Morgan fingerprint density at radius 2 is 2.24 bits per heavy atom. The second-order valence-electron chi connectivity index (χ2n) is 5.36. The van der Waals surface area contributed by atoms with Gasteiger partial charge in [-0.1, -0.05) is 13.8 Å². The monoisotopic (exact) mass is 234 g/mol. The van der Waals surface area contributed by atoms with Gasteiger partial charge in [0.15, 0.2) is 5.89 Å². The van der Waals surface area contributed by atoms with E-state index in [0.29, 0.717) is 12.5 Å². The van der Waals surface area contributed by atoms with E-state index in [4.69, 9.17) is 4.42 Å². The van der Waals surface area contributed by atoms with Crippen molar-refractivity contribution in [3.05, 3.63) is 17.3 Å². The lowest BCUT2D eigenvalue weighted by molar-refractivity contribution is -0.135. The topological polar surface area (TPSA) is 46.3 Å². The molecule has 0 unspecified atom stereocenters. The number of hydrogen-bond donors (Lipinski definition) is 0. The molecule has 1 aromatic rings. The van der Waals surface area contributed by atoms with Crippen molar-refractivity contribution in [1.29, 1.82) is 0 Å². The molecule has 1 aliphatic carbocycles. The van der Waals surface area contributed by atoms with Crippen molar-refractivity contribution in [3.63, 3.8) is 0 Å². The highest BCUT2D eigenvalue weighted by Crippen LogP contribution is 2.40. The Morgan fingerprint density at radius 1 is 1.47 bits per heavy atom. The van der Waals surface area contributed by atoms with Crippen LogP contribution in [0.5, 0.6) is 0 Å². The van der Waals surface area contributed by atoms with Crippen molar-refractivity contribution in [2.24, 2.45) is 5.92 Å². The van der Waals surface area contributed by atoms with Crippen LogP contribution < -0.4 is 0 Å². The predicted octanol–water partition coefficient (Wildman–Crippen LogP) is 2.09. The predicted molar refractivity (Wildman–Crippen MR) is 62.4 cm³/mol. The van der Waals surface area contributed by atoms with Crippen molar-refractivity contribution in [2.45, 2.75) is 45.6 Å². The Labute approximate surface area is 101 Å². The van der Waals surface area contributed by atoms with Crippen LogP contribution in [0.3, 0.4) is 0 Å². The largest absolute Gasteiger partial charge is 0.443 e. The van der Waals surface area contributed by atoms with Gasteiger partial charge in [-0.15, -0.1) is 0 Å². The van der Waals surface area contributed by atoms with Gasteiger partial charge in [0.1, 0.15) is 5.76 Å². The summed E-state index contributed by atoms with van der Waals surface area (Å²) in [5.41, 5.74) is 1.07. The molecule has 1 fully saturated rings. The highest BCUT2D eigenvalue weighted by atomic mass is 16.4. The summed E-state index contributed by atoms with van der Waals surface area (Å²) >= 11 is 0. The van der Waals surface area contributed by atoms with Gasteiger partial charge in [-0.05, 0) is 12.8 Å². The minimum absolute atomic E-state index is 0.0578. The molecule has 0 spiro atoms. The quantitative estimate of drug-likeness (QED) is 0.787. The van der Waals surface area contributed by atoms with Gasteiger partial charge in [-0.25, -0.2) is 4.98 Å². The first-order chi connectivity index (χ1) is 8.15. The molecule has 4 heteroatoms. The molecule has 0 atom stereocenters. The van der Waals surface area contributed by atoms with Gasteiger partial charge < -0.3 is 9.32 Å². The third-order valence-electron chi connectivity index (χ3n) is 3.48. The van der Waals surface area contributed by atoms with Crippen molar-refractivity contribution in [2.75, 3.05) is 6.54 Å². The minimum atomic E-state index is 0.0578. The van der Waals surface area contributed by atoms with Gasteiger partial charge in [-0.3, -0.25) is 4.79 Å². The summed E-state index contributed by atoms with van der Waals surface area (Å²) in [7, 11) is 0. The van der Waals surface area contributed by atoms with E-state index in [1.54, 1.807) is 0 Å². The van der Waals surface area contributed by atoms with Crippen LogP contribution in [0.1, 0.15) is 50.0 Å². The molecule has 1 saturated carbocycles. The van der Waals surface area contributed by atoms with Crippen LogP contribution in [-0.2, 0) is 17.8 Å². The van der Waals surface area contributed by atoms with E-state index < -0.39 is 0 Å². The summed E-state index contributed by atoms with van der Waals surface area (Å²) < 4.78 is 5.79. The number of fused-ring (bicyclic) bond motifs is 1. The molecule has 0 N–H and O–H groups in total.